The molecule has 7 heteroatoms. The Morgan fingerprint density at radius 2 is 1.83 bits per heavy atom. The molecule has 30 heavy (non-hydrogen) atoms. The summed E-state index contributed by atoms with van der Waals surface area (Å²) in [5, 5.41) is 1.75. The van der Waals surface area contributed by atoms with E-state index in [4.69, 9.17) is 10.5 Å². The van der Waals surface area contributed by atoms with Crippen LogP contribution < -0.4 is 15.2 Å². The van der Waals surface area contributed by atoms with Gasteiger partial charge in [0.05, 0.1) is 0 Å². The van der Waals surface area contributed by atoms with E-state index in [1.165, 1.54) is 16.9 Å². The second kappa shape index (κ2) is 10.2. The summed E-state index contributed by atoms with van der Waals surface area (Å²) in [6, 6.07) is 19.3. The summed E-state index contributed by atoms with van der Waals surface area (Å²) >= 11 is 1.20. The number of sulfonamides is 1. The third kappa shape index (κ3) is 5.29. The third-order valence-electron chi connectivity index (χ3n) is 4.95. The van der Waals surface area contributed by atoms with Crippen molar-refractivity contribution in [1.29, 1.82) is 0 Å². The van der Waals surface area contributed by atoms with E-state index in [9.17, 15) is 8.42 Å². The van der Waals surface area contributed by atoms with E-state index in [2.05, 4.69) is 16.9 Å². The van der Waals surface area contributed by atoms with Crippen LogP contribution in [0, 0.1) is 0 Å². The van der Waals surface area contributed by atoms with Crippen LogP contribution in [0.4, 0.5) is 0 Å². The summed E-state index contributed by atoms with van der Waals surface area (Å²) in [6.07, 6.45) is 0.822. The molecule has 1 aliphatic rings. The van der Waals surface area contributed by atoms with Crippen molar-refractivity contribution in [3.63, 3.8) is 0 Å². The minimum atomic E-state index is -3.50. The minimum Gasteiger partial charge on any atom is -0.492 e. The SMILES string of the molecule is CC.NC1COc2ccc(CNS(=O)(=O)c3cccs3)cc2C1Cc1ccccc1. The lowest BCUT2D eigenvalue weighted by Crippen LogP contribution is -2.39. The van der Waals surface area contributed by atoms with Crippen LogP contribution in [0.1, 0.15) is 36.5 Å². The fraction of sp³-hybridized carbons (Fsp3) is 0.304. The van der Waals surface area contributed by atoms with E-state index in [-0.39, 0.29) is 18.5 Å². The monoisotopic (exact) mass is 444 g/mol. The summed E-state index contributed by atoms with van der Waals surface area (Å²) in [7, 11) is -3.50. The molecule has 4 rings (SSSR count). The molecule has 0 amide bonds. The average Bonchev–Trinajstić information content (AvgIpc) is 3.33. The maximum absolute atomic E-state index is 12.4. The molecular formula is C23H28N2O3S2. The van der Waals surface area contributed by atoms with Crippen molar-refractivity contribution < 1.29 is 13.2 Å². The van der Waals surface area contributed by atoms with Crippen molar-refractivity contribution in [2.24, 2.45) is 5.73 Å². The standard InChI is InChI=1S/C21H22N2O3S2.C2H6/c22-19-14-26-20-9-8-16(13-23-28(24,25)21-7-4-10-27-21)12-18(20)17(19)11-15-5-2-1-3-6-15;1-2/h1-10,12,17,19,23H,11,13-14,22H2;1-2H3. The van der Waals surface area contributed by atoms with Crippen LogP contribution in [0.2, 0.25) is 0 Å². The highest BCUT2D eigenvalue weighted by molar-refractivity contribution is 7.91. The van der Waals surface area contributed by atoms with Gasteiger partial charge in [-0.1, -0.05) is 62.4 Å². The Hall–Kier alpha value is -2.19. The summed E-state index contributed by atoms with van der Waals surface area (Å²) < 4.78 is 33.5. The lowest BCUT2D eigenvalue weighted by molar-refractivity contribution is 0.238. The van der Waals surface area contributed by atoms with Crippen molar-refractivity contribution in [2.45, 2.75) is 43.0 Å². The number of rotatable bonds is 6. The summed E-state index contributed by atoms with van der Waals surface area (Å²) in [6.45, 7) is 4.70. The molecule has 5 nitrogen and oxygen atoms in total. The van der Waals surface area contributed by atoms with E-state index in [0.29, 0.717) is 10.8 Å². The minimum absolute atomic E-state index is 0.106. The van der Waals surface area contributed by atoms with Crippen molar-refractivity contribution in [1.82, 2.24) is 4.72 Å². The van der Waals surface area contributed by atoms with E-state index < -0.39 is 10.0 Å². The Labute approximate surface area is 183 Å². The van der Waals surface area contributed by atoms with Gasteiger partial charge in [-0.15, -0.1) is 11.3 Å². The highest BCUT2D eigenvalue weighted by atomic mass is 32.2. The van der Waals surface area contributed by atoms with Gasteiger partial charge in [0.25, 0.3) is 0 Å². The summed E-state index contributed by atoms with van der Waals surface area (Å²) in [5.41, 5.74) is 9.51. The molecule has 160 valence electrons. The van der Waals surface area contributed by atoms with Crippen molar-refractivity contribution in [2.75, 3.05) is 6.61 Å². The topological polar surface area (TPSA) is 81.4 Å². The van der Waals surface area contributed by atoms with Gasteiger partial charge < -0.3 is 10.5 Å². The largest absolute Gasteiger partial charge is 0.492 e. The molecule has 1 aliphatic heterocycles. The van der Waals surface area contributed by atoms with Gasteiger partial charge in [0.15, 0.2) is 0 Å². The van der Waals surface area contributed by atoms with Gasteiger partial charge >= 0.3 is 0 Å². The number of benzene rings is 2. The number of nitrogens with two attached hydrogens (primary N) is 1. The molecule has 2 aromatic carbocycles. The molecule has 0 fully saturated rings. The predicted molar refractivity (Wildman–Crippen MR) is 122 cm³/mol. The fourth-order valence-corrected chi connectivity index (χ4v) is 5.51. The lowest BCUT2D eigenvalue weighted by atomic mass is 9.84. The van der Waals surface area contributed by atoms with Crippen LogP contribution in [-0.4, -0.2) is 21.1 Å². The molecule has 3 aromatic rings. The normalized spacial score (nSPS) is 18.0. The number of thiophene rings is 1. The van der Waals surface area contributed by atoms with E-state index in [1.807, 2.05) is 50.2 Å². The number of nitrogens with one attached hydrogen (secondary N) is 1. The zero-order valence-corrected chi connectivity index (χ0v) is 18.9. The lowest BCUT2D eigenvalue weighted by Gasteiger charge is -2.32. The Morgan fingerprint density at radius 3 is 2.53 bits per heavy atom. The highest BCUT2D eigenvalue weighted by Gasteiger charge is 2.29. The third-order valence-corrected chi connectivity index (χ3v) is 7.75. The second-order valence-corrected chi connectivity index (χ2v) is 9.84. The van der Waals surface area contributed by atoms with E-state index in [0.717, 1.165) is 23.3 Å². The number of ether oxygens (including phenoxy) is 1. The van der Waals surface area contributed by atoms with E-state index >= 15 is 0 Å². The number of hydrogen-bond acceptors (Lipinski definition) is 5. The van der Waals surface area contributed by atoms with Gasteiger partial charge in [0, 0.05) is 18.5 Å². The van der Waals surface area contributed by atoms with Crippen LogP contribution in [0.3, 0.4) is 0 Å². The van der Waals surface area contributed by atoms with Crippen LogP contribution in [0.25, 0.3) is 0 Å². The number of fused-ring (bicyclic) bond motifs is 1. The van der Waals surface area contributed by atoms with E-state index in [1.54, 1.807) is 17.5 Å². The first kappa shape index (κ1) is 22.5. The van der Waals surface area contributed by atoms with Crippen molar-refractivity contribution in [3.05, 3.63) is 82.7 Å². The Bertz CT molecular complexity index is 1040. The first-order valence-electron chi connectivity index (χ1n) is 10.1. The molecule has 1 aromatic heterocycles. The second-order valence-electron chi connectivity index (χ2n) is 6.90. The molecule has 2 atom stereocenters. The summed E-state index contributed by atoms with van der Waals surface area (Å²) in [5.74, 6) is 0.951. The summed E-state index contributed by atoms with van der Waals surface area (Å²) in [4.78, 5) is 0. The van der Waals surface area contributed by atoms with Crippen LogP contribution in [0.15, 0.2) is 70.3 Å². The average molecular weight is 445 g/mol. The van der Waals surface area contributed by atoms with Crippen LogP contribution in [0.5, 0.6) is 5.75 Å². The van der Waals surface area contributed by atoms with Gasteiger partial charge in [-0.2, -0.15) is 0 Å². The Kier molecular flexibility index (Phi) is 7.66. The Morgan fingerprint density at radius 1 is 1.07 bits per heavy atom. The van der Waals surface area contributed by atoms with Crippen molar-refractivity contribution in [3.8, 4) is 5.75 Å². The molecule has 0 radical (unpaired) electrons. The maximum Gasteiger partial charge on any atom is 0.250 e. The molecule has 0 aliphatic carbocycles. The molecule has 2 unspecified atom stereocenters. The molecule has 0 saturated carbocycles. The molecule has 0 bridgehead atoms. The molecule has 2 heterocycles. The first-order valence-corrected chi connectivity index (χ1v) is 12.5. The molecule has 3 N–H and O–H groups in total. The first-order chi connectivity index (χ1) is 14.5. The van der Waals surface area contributed by atoms with Gasteiger partial charge in [0.2, 0.25) is 10.0 Å². The van der Waals surface area contributed by atoms with Crippen molar-refractivity contribution >= 4 is 21.4 Å². The Balaban J connectivity index is 0.00000124. The fourth-order valence-electron chi connectivity index (χ4n) is 3.46. The molecule has 0 saturated heterocycles. The zero-order valence-electron chi connectivity index (χ0n) is 17.2. The molecular weight excluding hydrogens is 416 g/mol. The molecule has 0 spiro atoms. The quantitative estimate of drug-likeness (QED) is 0.594. The van der Waals surface area contributed by atoms with Gasteiger partial charge in [0.1, 0.15) is 16.6 Å². The van der Waals surface area contributed by atoms with Gasteiger partial charge in [-0.05, 0) is 40.6 Å². The number of hydrogen-bond donors (Lipinski definition) is 2. The van der Waals surface area contributed by atoms with Crippen LogP contribution in [-0.2, 0) is 23.0 Å². The van der Waals surface area contributed by atoms with Gasteiger partial charge in [-0.25, -0.2) is 13.1 Å². The zero-order chi connectivity index (χ0) is 21.6. The predicted octanol–water partition coefficient (Wildman–Crippen LogP) is 4.30. The smallest absolute Gasteiger partial charge is 0.250 e. The van der Waals surface area contributed by atoms with Crippen LogP contribution >= 0.6 is 11.3 Å². The maximum atomic E-state index is 12.4. The van der Waals surface area contributed by atoms with Gasteiger partial charge in [-0.3, -0.25) is 0 Å². The highest BCUT2D eigenvalue weighted by Crippen LogP contribution is 2.36.